The lowest BCUT2D eigenvalue weighted by atomic mass is 10.1. The number of hydrogen-bond donors (Lipinski definition) is 1. The molecule has 0 spiro atoms. The third-order valence-electron chi connectivity index (χ3n) is 2.62. The number of hydrogen-bond acceptors (Lipinski definition) is 5. The molecule has 0 fully saturated rings. The van der Waals surface area contributed by atoms with Gasteiger partial charge in [-0.2, -0.15) is 4.98 Å². The molecule has 1 heterocycles. The van der Waals surface area contributed by atoms with E-state index in [9.17, 15) is 0 Å². The zero-order valence-electron chi connectivity index (χ0n) is 11.5. The van der Waals surface area contributed by atoms with Crippen LogP contribution in [0.4, 0.5) is 0 Å². The van der Waals surface area contributed by atoms with E-state index in [2.05, 4.69) is 10.1 Å². The second kappa shape index (κ2) is 5.84. The average Bonchev–Trinajstić information content (AvgIpc) is 2.80. The summed E-state index contributed by atoms with van der Waals surface area (Å²) < 4.78 is 10.8. The van der Waals surface area contributed by atoms with E-state index in [-0.39, 0.29) is 6.10 Å². The van der Waals surface area contributed by atoms with Gasteiger partial charge < -0.3 is 15.0 Å². The van der Waals surface area contributed by atoms with Gasteiger partial charge in [-0.3, -0.25) is 0 Å². The molecule has 0 atom stereocenters. The number of aryl methyl sites for hydroxylation is 1. The molecule has 0 aliphatic heterocycles. The van der Waals surface area contributed by atoms with Crippen LogP contribution in [0.5, 0.6) is 5.75 Å². The SMILES string of the molecule is Cc1cc(-c2noc(CCN)n2)ccc1OC(C)C. The van der Waals surface area contributed by atoms with Crippen molar-refractivity contribution in [1.82, 2.24) is 10.1 Å². The highest BCUT2D eigenvalue weighted by Crippen LogP contribution is 2.25. The lowest BCUT2D eigenvalue weighted by Gasteiger charge is -2.12. The van der Waals surface area contributed by atoms with E-state index in [0.29, 0.717) is 24.7 Å². The zero-order chi connectivity index (χ0) is 13.8. The van der Waals surface area contributed by atoms with Crippen molar-refractivity contribution in [2.24, 2.45) is 5.73 Å². The molecule has 0 saturated heterocycles. The highest BCUT2D eigenvalue weighted by Gasteiger charge is 2.10. The Morgan fingerprint density at radius 3 is 2.79 bits per heavy atom. The van der Waals surface area contributed by atoms with E-state index in [4.69, 9.17) is 15.0 Å². The molecule has 5 nitrogen and oxygen atoms in total. The van der Waals surface area contributed by atoms with Gasteiger partial charge in [0.25, 0.3) is 0 Å². The van der Waals surface area contributed by atoms with Gasteiger partial charge in [-0.05, 0) is 44.5 Å². The van der Waals surface area contributed by atoms with E-state index >= 15 is 0 Å². The van der Waals surface area contributed by atoms with Crippen molar-refractivity contribution >= 4 is 0 Å². The van der Waals surface area contributed by atoms with Crippen LogP contribution >= 0.6 is 0 Å². The molecule has 1 aromatic heterocycles. The standard InChI is InChI=1S/C14H19N3O2/c1-9(2)18-12-5-4-11(8-10(12)3)14-16-13(6-7-15)19-17-14/h4-5,8-9H,6-7,15H2,1-3H3. The molecule has 5 heteroatoms. The van der Waals surface area contributed by atoms with Gasteiger partial charge in [0.15, 0.2) is 0 Å². The Kier molecular flexibility index (Phi) is 4.16. The minimum Gasteiger partial charge on any atom is -0.491 e. The highest BCUT2D eigenvalue weighted by atomic mass is 16.5. The van der Waals surface area contributed by atoms with E-state index in [1.54, 1.807) is 0 Å². The van der Waals surface area contributed by atoms with Crippen molar-refractivity contribution in [3.63, 3.8) is 0 Å². The highest BCUT2D eigenvalue weighted by molar-refractivity contribution is 5.58. The van der Waals surface area contributed by atoms with Gasteiger partial charge >= 0.3 is 0 Å². The number of nitrogens with zero attached hydrogens (tertiary/aromatic N) is 2. The van der Waals surface area contributed by atoms with Crippen LogP contribution in [-0.2, 0) is 6.42 Å². The Hall–Kier alpha value is -1.88. The summed E-state index contributed by atoms with van der Waals surface area (Å²) in [6.45, 7) is 6.52. The largest absolute Gasteiger partial charge is 0.491 e. The Labute approximate surface area is 112 Å². The maximum absolute atomic E-state index is 5.70. The van der Waals surface area contributed by atoms with Crippen LogP contribution in [-0.4, -0.2) is 22.8 Å². The van der Waals surface area contributed by atoms with Crippen molar-refractivity contribution in [1.29, 1.82) is 0 Å². The minimum atomic E-state index is 0.158. The summed E-state index contributed by atoms with van der Waals surface area (Å²) in [4.78, 5) is 4.30. The third kappa shape index (κ3) is 3.32. The van der Waals surface area contributed by atoms with Crippen molar-refractivity contribution in [3.05, 3.63) is 29.7 Å². The normalized spacial score (nSPS) is 11.0. The molecule has 0 aliphatic rings. The van der Waals surface area contributed by atoms with Gasteiger partial charge in [0.1, 0.15) is 5.75 Å². The van der Waals surface area contributed by atoms with Crippen molar-refractivity contribution in [2.45, 2.75) is 33.3 Å². The van der Waals surface area contributed by atoms with Crippen LogP contribution in [0.25, 0.3) is 11.4 Å². The van der Waals surface area contributed by atoms with E-state index < -0.39 is 0 Å². The molecule has 0 amide bonds. The fraction of sp³-hybridized carbons (Fsp3) is 0.429. The lowest BCUT2D eigenvalue weighted by Crippen LogP contribution is -2.06. The summed E-state index contributed by atoms with van der Waals surface area (Å²) in [6.07, 6.45) is 0.756. The van der Waals surface area contributed by atoms with Gasteiger partial charge in [-0.1, -0.05) is 5.16 Å². The maximum Gasteiger partial charge on any atom is 0.228 e. The maximum atomic E-state index is 5.70. The van der Waals surface area contributed by atoms with E-state index in [1.165, 1.54) is 0 Å². The number of rotatable bonds is 5. The smallest absolute Gasteiger partial charge is 0.228 e. The average molecular weight is 261 g/mol. The first-order valence-electron chi connectivity index (χ1n) is 6.40. The Balaban J connectivity index is 2.22. The topological polar surface area (TPSA) is 74.2 Å². The van der Waals surface area contributed by atoms with Gasteiger partial charge in [0, 0.05) is 18.5 Å². The second-order valence-electron chi connectivity index (χ2n) is 4.70. The monoisotopic (exact) mass is 261 g/mol. The first kappa shape index (κ1) is 13.5. The molecule has 19 heavy (non-hydrogen) atoms. The Morgan fingerprint density at radius 1 is 1.37 bits per heavy atom. The van der Waals surface area contributed by atoms with Crippen LogP contribution in [0.1, 0.15) is 25.3 Å². The fourth-order valence-electron chi connectivity index (χ4n) is 1.77. The number of nitrogens with two attached hydrogens (primary N) is 1. The molecule has 0 radical (unpaired) electrons. The van der Waals surface area contributed by atoms with Crippen molar-refractivity contribution < 1.29 is 9.26 Å². The summed E-state index contributed by atoms with van der Waals surface area (Å²) in [6, 6.07) is 5.86. The number of aromatic nitrogens is 2. The summed E-state index contributed by atoms with van der Waals surface area (Å²) in [7, 11) is 0. The van der Waals surface area contributed by atoms with Crippen LogP contribution < -0.4 is 10.5 Å². The quantitative estimate of drug-likeness (QED) is 0.894. The molecule has 1 aromatic carbocycles. The van der Waals surface area contributed by atoms with Gasteiger partial charge in [0.2, 0.25) is 11.7 Å². The van der Waals surface area contributed by atoms with Crippen LogP contribution in [0.3, 0.4) is 0 Å². The molecule has 0 unspecified atom stereocenters. The molecular weight excluding hydrogens is 242 g/mol. The predicted octanol–water partition coefficient (Wildman–Crippen LogP) is 2.33. The minimum absolute atomic E-state index is 0.158. The molecule has 2 rings (SSSR count). The first-order chi connectivity index (χ1) is 9.10. The molecule has 102 valence electrons. The van der Waals surface area contributed by atoms with Crippen molar-refractivity contribution in [2.75, 3.05) is 6.54 Å². The molecule has 0 saturated carbocycles. The molecule has 0 bridgehead atoms. The Morgan fingerprint density at radius 2 is 2.16 bits per heavy atom. The molecular formula is C14H19N3O2. The fourth-order valence-corrected chi connectivity index (χ4v) is 1.77. The van der Waals surface area contributed by atoms with E-state index in [0.717, 1.165) is 16.9 Å². The first-order valence-corrected chi connectivity index (χ1v) is 6.40. The molecule has 0 aliphatic carbocycles. The predicted molar refractivity (Wildman–Crippen MR) is 73.0 cm³/mol. The zero-order valence-corrected chi connectivity index (χ0v) is 11.5. The Bertz CT molecular complexity index is 549. The van der Waals surface area contributed by atoms with Crippen molar-refractivity contribution in [3.8, 4) is 17.1 Å². The van der Waals surface area contributed by atoms with E-state index in [1.807, 2.05) is 39.0 Å². The second-order valence-corrected chi connectivity index (χ2v) is 4.70. The summed E-state index contributed by atoms with van der Waals surface area (Å²) in [5.41, 5.74) is 7.42. The molecule has 2 aromatic rings. The van der Waals surface area contributed by atoms with Gasteiger partial charge in [-0.25, -0.2) is 0 Å². The third-order valence-corrected chi connectivity index (χ3v) is 2.62. The van der Waals surface area contributed by atoms with Crippen LogP contribution in [0.2, 0.25) is 0 Å². The van der Waals surface area contributed by atoms with Gasteiger partial charge in [0.05, 0.1) is 6.10 Å². The van der Waals surface area contributed by atoms with Crippen LogP contribution in [0.15, 0.2) is 22.7 Å². The summed E-state index contributed by atoms with van der Waals surface area (Å²) in [5, 5.41) is 3.95. The molecule has 2 N–H and O–H groups in total. The summed E-state index contributed by atoms with van der Waals surface area (Å²) in [5.74, 6) is 2.03. The number of benzene rings is 1. The number of ether oxygens (including phenoxy) is 1. The van der Waals surface area contributed by atoms with Crippen LogP contribution in [0, 0.1) is 6.92 Å². The van der Waals surface area contributed by atoms with Gasteiger partial charge in [-0.15, -0.1) is 0 Å². The summed E-state index contributed by atoms with van der Waals surface area (Å²) >= 11 is 0. The lowest BCUT2D eigenvalue weighted by molar-refractivity contribution is 0.241.